The van der Waals surface area contributed by atoms with Crippen LogP contribution in [-0.4, -0.2) is 21.4 Å². The SMILES string of the molecule is CC(C)(C)[C@@H](O)[C@@H](N)c1ccc(O)c(O)c1. The van der Waals surface area contributed by atoms with Crippen molar-refractivity contribution in [3.63, 3.8) is 0 Å². The van der Waals surface area contributed by atoms with Gasteiger partial charge in [0.1, 0.15) is 0 Å². The van der Waals surface area contributed by atoms with Gasteiger partial charge in [-0.1, -0.05) is 26.8 Å². The van der Waals surface area contributed by atoms with Gasteiger partial charge in [0.25, 0.3) is 0 Å². The molecule has 0 aromatic heterocycles. The van der Waals surface area contributed by atoms with Gasteiger partial charge in [-0.25, -0.2) is 0 Å². The number of benzene rings is 1. The summed E-state index contributed by atoms with van der Waals surface area (Å²) >= 11 is 0. The molecule has 4 heteroatoms. The van der Waals surface area contributed by atoms with Crippen molar-refractivity contribution in [3.05, 3.63) is 23.8 Å². The number of aromatic hydroxyl groups is 2. The van der Waals surface area contributed by atoms with Gasteiger partial charge < -0.3 is 21.1 Å². The number of rotatable bonds is 2. The molecule has 90 valence electrons. The molecule has 2 atom stereocenters. The molecule has 1 aromatic rings. The third-order valence-corrected chi connectivity index (χ3v) is 2.61. The normalized spacial score (nSPS) is 15.8. The van der Waals surface area contributed by atoms with E-state index in [1.165, 1.54) is 12.1 Å². The minimum absolute atomic E-state index is 0.193. The van der Waals surface area contributed by atoms with Gasteiger partial charge in [-0.05, 0) is 23.1 Å². The number of hydrogen-bond acceptors (Lipinski definition) is 4. The van der Waals surface area contributed by atoms with Gasteiger partial charge in [-0.15, -0.1) is 0 Å². The van der Waals surface area contributed by atoms with Crippen LogP contribution in [0.5, 0.6) is 11.5 Å². The molecule has 0 spiro atoms. The first-order chi connectivity index (χ1) is 7.23. The predicted octanol–water partition coefficient (Wildman–Crippen LogP) is 1.50. The molecule has 0 bridgehead atoms. The molecule has 0 fully saturated rings. The summed E-state index contributed by atoms with van der Waals surface area (Å²) in [6.07, 6.45) is -0.726. The maximum atomic E-state index is 10.00. The number of aliphatic hydroxyl groups excluding tert-OH is 1. The number of hydrogen-bond donors (Lipinski definition) is 4. The van der Waals surface area contributed by atoms with Crippen molar-refractivity contribution in [1.82, 2.24) is 0 Å². The Morgan fingerprint density at radius 1 is 1.12 bits per heavy atom. The lowest BCUT2D eigenvalue weighted by molar-refractivity contribution is 0.0400. The Kier molecular flexibility index (Phi) is 3.45. The van der Waals surface area contributed by atoms with Crippen LogP contribution in [0.2, 0.25) is 0 Å². The summed E-state index contributed by atoms with van der Waals surface area (Å²) in [4.78, 5) is 0. The molecule has 0 radical (unpaired) electrons. The van der Waals surface area contributed by atoms with Gasteiger partial charge in [0.05, 0.1) is 12.1 Å². The van der Waals surface area contributed by atoms with Gasteiger partial charge >= 0.3 is 0 Å². The number of aliphatic hydroxyl groups is 1. The Labute approximate surface area is 95.3 Å². The van der Waals surface area contributed by atoms with Crippen molar-refractivity contribution in [2.75, 3.05) is 0 Å². The predicted molar refractivity (Wildman–Crippen MR) is 62.2 cm³/mol. The highest BCUT2D eigenvalue weighted by Gasteiger charge is 2.29. The molecular formula is C12H19NO3. The van der Waals surface area contributed by atoms with E-state index in [2.05, 4.69) is 0 Å². The third-order valence-electron chi connectivity index (χ3n) is 2.61. The van der Waals surface area contributed by atoms with Crippen LogP contribution in [0.15, 0.2) is 18.2 Å². The van der Waals surface area contributed by atoms with E-state index in [1.807, 2.05) is 20.8 Å². The van der Waals surface area contributed by atoms with Crippen LogP contribution in [0.25, 0.3) is 0 Å². The second-order valence-corrected chi connectivity index (χ2v) is 5.08. The van der Waals surface area contributed by atoms with E-state index in [4.69, 9.17) is 5.73 Å². The maximum Gasteiger partial charge on any atom is 0.157 e. The van der Waals surface area contributed by atoms with Crippen molar-refractivity contribution in [1.29, 1.82) is 0 Å². The fraction of sp³-hybridized carbons (Fsp3) is 0.500. The van der Waals surface area contributed by atoms with E-state index in [-0.39, 0.29) is 16.9 Å². The monoisotopic (exact) mass is 225 g/mol. The van der Waals surface area contributed by atoms with Crippen LogP contribution < -0.4 is 5.73 Å². The summed E-state index contributed by atoms with van der Waals surface area (Å²) < 4.78 is 0. The molecule has 5 N–H and O–H groups in total. The van der Waals surface area contributed by atoms with Crippen LogP contribution in [0.1, 0.15) is 32.4 Å². The number of phenolic OH excluding ortho intramolecular Hbond substituents is 2. The molecule has 1 aromatic carbocycles. The summed E-state index contributed by atoms with van der Waals surface area (Å²) in [5.41, 5.74) is 6.16. The first kappa shape index (κ1) is 12.8. The molecular weight excluding hydrogens is 206 g/mol. The van der Waals surface area contributed by atoms with Gasteiger partial charge in [-0.3, -0.25) is 0 Å². The minimum Gasteiger partial charge on any atom is -0.504 e. The fourth-order valence-electron chi connectivity index (χ4n) is 1.47. The number of nitrogens with two attached hydrogens (primary N) is 1. The maximum absolute atomic E-state index is 10.00. The smallest absolute Gasteiger partial charge is 0.157 e. The molecule has 0 unspecified atom stereocenters. The van der Waals surface area contributed by atoms with Gasteiger partial charge in [0.2, 0.25) is 0 Å². The van der Waals surface area contributed by atoms with E-state index in [9.17, 15) is 15.3 Å². The van der Waals surface area contributed by atoms with Crippen LogP contribution in [0, 0.1) is 5.41 Å². The number of phenols is 2. The van der Waals surface area contributed by atoms with Crippen LogP contribution in [0.3, 0.4) is 0 Å². The first-order valence-corrected chi connectivity index (χ1v) is 5.19. The van der Waals surface area contributed by atoms with Crippen molar-refractivity contribution in [2.45, 2.75) is 32.9 Å². The Hall–Kier alpha value is -1.26. The second kappa shape index (κ2) is 4.31. The van der Waals surface area contributed by atoms with E-state index in [0.29, 0.717) is 5.56 Å². The lowest BCUT2D eigenvalue weighted by atomic mass is 9.82. The van der Waals surface area contributed by atoms with Gasteiger partial charge in [-0.2, -0.15) is 0 Å². The van der Waals surface area contributed by atoms with E-state index >= 15 is 0 Å². The van der Waals surface area contributed by atoms with E-state index < -0.39 is 12.1 Å². The zero-order chi connectivity index (χ0) is 12.5. The molecule has 1 rings (SSSR count). The molecule has 0 aliphatic heterocycles. The molecule has 4 nitrogen and oxygen atoms in total. The van der Waals surface area contributed by atoms with Crippen molar-refractivity contribution in [3.8, 4) is 11.5 Å². The van der Waals surface area contributed by atoms with E-state index in [0.717, 1.165) is 0 Å². The van der Waals surface area contributed by atoms with Crippen molar-refractivity contribution < 1.29 is 15.3 Å². The molecule has 0 aliphatic carbocycles. The van der Waals surface area contributed by atoms with Crippen LogP contribution in [-0.2, 0) is 0 Å². The highest BCUT2D eigenvalue weighted by atomic mass is 16.3. The zero-order valence-electron chi connectivity index (χ0n) is 9.81. The van der Waals surface area contributed by atoms with Crippen LogP contribution >= 0.6 is 0 Å². The molecule has 0 heterocycles. The average Bonchev–Trinajstić information content (AvgIpc) is 2.18. The lowest BCUT2D eigenvalue weighted by Crippen LogP contribution is -2.36. The summed E-state index contributed by atoms with van der Waals surface area (Å²) in [6.45, 7) is 5.66. The lowest BCUT2D eigenvalue weighted by Gasteiger charge is -2.31. The molecule has 0 amide bonds. The topological polar surface area (TPSA) is 86.7 Å². The summed E-state index contributed by atoms with van der Waals surface area (Å²) in [6, 6.07) is 3.73. The van der Waals surface area contributed by atoms with Gasteiger partial charge in [0.15, 0.2) is 11.5 Å². The molecule has 0 aliphatic rings. The quantitative estimate of drug-likeness (QED) is 0.574. The highest BCUT2D eigenvalue weighted by molar-refractivity contribution is 5.41. The summed E-state index contributed by atoms with van der Waals surface area (Å²) in [5.74, 6) is -0.421. The Morgan fingerprint density at radius 3 is 2.12 bits per heavy atom. The Morgan fingerprint density at radius 2 is 1.69 bits per heavy atom. The summed E-state index contributed by atoms with van der Waals surface area (Å²) in [5, 5.41) is 28.5. The average molecular weight is 225 g/mol. The zero-order valence-corrected chi connectivity index (χ0v) is 9.81. The minimum atomic E-state index is -0.726. The molecule has 0 saturated carbocycles. The highest BCUT2D eigenvalue weighted by Crippen LogP contribution is 2.32. The molecule has 16 heavy (non-hydrogen) atoms. The third kappa shape index (κ3) is 2.65. The Balaban J connectivity index is 2.97. The largest absolute Gasteiger partial charge is 0.504 e. The summed E-state index contributed by atoms with van der Waals surface area (Å²) in [7, 11) is 0. The van der Waals surface area contributed by atoms with Crippen LogP contribution in [0.4, 0.5) is 0 Å². The molecule has 0 saturated heterocycles. The Bertz CT molecular complexity index is 371. The standard InChI is InChI=1S/C12H19NO3/c1-12(2,3)11(16)10(13)7-4-5-8(14)9(15)6-7/h4-6,10-11,14-16H,13H2,1-3H3/t10-,11-/m0/s1. The van der Waals surface area contributed by atoms with Crippen molar-refractivity contribution in [2.24, 2.45) is 11.1 Å². The fourth-order valence-corrected chi connectivity index (χ4v) is 1.47. The second-order valence-electron chi connectivity index (χ2n) is 5.08. The van der Waals surface area contributed by atoms with Crippen molar-refractivity contribution >= 4 is 0 Å². The van der Waals surface area contributed by atoms with Gasteiger partial charge in [0, 0.05) is 0 Å². The van der Waals surface area contributed by atoms with E-state index in [1.54, 1.807) is 6.07 Å². The first-order valence-electron chi connectivity index (χ1n) is 5.19.